The summed E-state index contributed by atoms with van der Waals surface area (Å²) in [4.78, 5) is 13.3. The summed E-state index contributed by atoms with van der Waals surface area (Å²) in [6.45, 7) is 0.158. The number of rotatable bonds is 15. The molecule has 0 bridgehead atoms. The number of amides is 2. The van der Waals surface area contributed by atoms with Gasteiger partial charge in [-0.3, -0.25) is 4.74 Å². The first-order valence-electron chi connectivity index (χ1n) is 23.2. The van der Waals surface area contributed by atoms with Gasteiger partial charge in [0, 0.05) is 28.0 Å². The lowest BCUT2D eigenvalue weighted by molar-refractivity contribution is -0.143. The highest BCUT2D eigenvalue weighted by molar-refractivity contribution is 7.87. The maximum atomic E-state index is 14.1. The first-order chi connectivity index (χ1) is 36.2. The maximum Gasteiger partial charge on any atom is 0.416 e. The summed E-state index contributed by atoms with van der Waals surface area (Å²) in [5.74, 6) is 1.65. The Kier molecular flexibility index (Phi) is 16.3. The highest BCUT2D eigenvalue weighted by atomic mass is 32.1. The fraction of sp³-hybridized carbons (Fsp3) is 0.200. The van der Waals surface area contributed by atoms with Gasteiger partial charge in [0.25, 0.3) is 0 Å². The number of nitrogens with zero attached hydrogens (tertiary/aromatic N) is 1. The average Bonchev–Trinajstić information content (AvgIpc) is 3.76. The van der Waals surface area contributed by atoms with Gasteiger partial charge in [0.15, 0.2) is 5.11 Å². The Balaban J connectivity index is 1.12. The third-order valence-electron chi connectivity index (χ3n) is 12.5. The van der Waals surface area contributed by atoms with E-state index >= 15 is 0 Å². The lowest BCUT2D eigenvalue weighted by Gasteiger charge is -2.30. The minimum absolute atomic E-state index is 0.131. The molecule has 396 valence electrons. The molecule has 7 aromatic carbocycles. The van der Waals surface area contributed by atoms with Gasteiger partial charge in [-0.2, -0.15) is 39.5 Å². The summed E-state index contributed by atoms with van der Waals surface area (Å²) in [5.41, 5.74) is -3.85. The number of benzene rings is 7. The van der Waals surface area contributed by atoms with Gasteiger partial charge >= 0.3 is 24.6 Å². The molecule has 0 saturated heterocycles. The summed E-state index contributed by atoms with van der Waals surface area (Å²) < 4.78 is 153. The summed E-state index contributed by atoms with van der Waals surface area (Å²) in [7, 11) is 1.85. The Labute approximate surface area is 436 Å². The zero-order valence-electron chi connectivity index (χ0n) is 40.5. The Morgan fingerprint density at radius 3 is 1.62 bits per heavy atom. The van der Waals surface area contributed by atoms with Crippen molar-refractivity contribution in [1.82, 2.24) is 10.6 Å². The molecule has 0 fully saturated rings. The number of thiocarbonyl (C=S) groups is 1. The van der Waals surface area contributed by atoms with E-state index in [4.69, 9.17) is 35.9 Å². The molecular weight excluding hydrogens is 1040 g/mol. The smallest absolute Gasteiger partial charge is 0.416 e. The van der Waals surface area contributed by atoms with E-state index in [1.807, 2.05) is 121 Å². The Bertz CT molecular complexity index is 3080. The van der Waals surface area contributed by atoms with Crippen LogP contribution in [0.3, 0.4) is 0 Å². The van der Waals surface area contributed by atoms with Crippen molar-refractivity contribution in [2.24, 2.45) is 4.74 Å². The van der Waals surface area contributed by atoms with Crippen molar-refractivity contribution in [3.05, 3.63) is 197 Å². The van der Waals surface area contributed by atoms with E-state index in [1.54, 1.807) is 33.5 Å². The van der Waals surface area contributed by atoms with Gasteiger partial charge in [0.1, 0.15) is 29.1 Å². The number of halogens is 9. The van der Waals surface area contributed by atoms with Crippen molar-refractivity contribution < 1.29 is 63.3 Å². The summed E-state index contributed by atoms with van der Waals surface area (Å²) >= 11 is 6.07. The molecule has 1 aliphatic rings. The second kappa shape index (κ2) is 22.6. The molecule has 4 N–H and O–H groups in total. The van der Waals surface area contributed by atoms with E-state index < -0.39 is 77.9 Å². The van der Waals surface area contributed by atoms with E-state index in [9.17, 15) is 44.3 Å². The van der Waals surface area contributed by atoms with Crippen molar-refractivity contribution in [1.29, 1.82) is 0 Å². The maximum absolute atomic E-state index is 14.1. The topological polar surface area (TPSA) is 114 Å². The number of alkyl halides is 9. The molecule has 0 unspecified atom stereocenters. The number of hydrogen-bond donors (Lipinski definition) is 4. The van der Waals surface area contributed by atoms with Crippen LogP contribution < -0.4 is 56.1 Å². The van der Waals surface area contributed by atoms with Gasteiger partial charge in [-0.25, -0.2) is 4.79 Å². The number of hydrogen-bond acceptors (Lipinski definition) is 7. The van der Waals surface area contributed by atoms with Gasteiger partial charge in [-0.1, -0.05) is 54.6 Å². The molecule has 10 nitrogen and oxygen atoms in total. The monoisotopic (exact) mass is 1090 g/mol. The van der Waals surface area contributed by atoms with Crippen LogP contribution in [0.2, 0.25) is 0 Å². The standard InChI is InChI=1S/C55H47F9N5O5PS/c1-71-39-14-20-42(21-15-39)75(43-22-16-40(72-2)17-23-43,44-24-18-41(73-3)19-25-44)65-32-47(33-9-5-4-6-10-33)68-52(76)69-50-45-12-8-7-11-34(45)27-49(50)74-48-26-13-35(53(56,57)58)31-46(48)67-51(70)66-38-29-36(54(59,60)61)28-37(30-38)55(62,63)64/h4-26,28-31,47,49-50H,27,32H2,1-3H3,(H2,66,67,70)(H2,68,69,76)/t47-,49+,50+/m0/s1. The number of urea groups is 1. The van der Waals surface area contributed by atoms with Crippen LogP contribution >= 0.6 is 19.3 Å². The van der Waals surface area contributed by atoms with Crippen molar-refractivity contribution >= 4 is 57.7 Å². The first kappa shape index (κ1) is 54.6. The summed E-state index contributed by atoms with van der Waals surface area (Å²) in [6.07, 6.45) is -16.2. The van der Waals surface area contributed by atoms with Crippen molar-refractivity contribution in [3.8, 4) is 23.0 Å². The van der Waals surface area contributed by atoms with Crippen molar-refractivity contribution in [2.45, 2.75) is 43.1 Å². The molecule has 76 heavy (non-hydrogen) atoms. The first-order valence-corrected chi connectivity index (χ1v) is 25.3. The van der Waals surface area contributed by atoms with Crippen LogP contribution in [0.1, 0.15) is 45.5 Å². The Hall–Kier alpha value is -7.70. The lowest BCUT2D eigenvalue weighted by Crippen LogP contribution is -2.44. The molecule has 0 saturated carbocycles. The van der Waals surface area contributed by atoms with E-state index in [1.165, 1.54) is 0 Å². The van der Waals surface area contributed by atoms with Gasteiger partial charge in [0.05, 0.1) is 69.4 Å². The molecule has 0 aromatic heterocycles. The van der Waals surface area contributed by atoms with E-state index in [-0.39, 0.29) is 42.0 Å². The number of carbonyl (C=O) groups is 1. The predicted octanol–water partition coefficient (Wildman–Crippen LogP) is 12.8. The van der Waals surface area contributed by atoms with Crippen LogP contribution in [0.15, 0.2) is 169 Å². The normalized spacial score (nSPS) is 14.9. The predicted molar refractivity (Wildman–Crippen MR) is 278 cm³/mol. The summed E-state index contributed by atoms with van der Waals surface area (Å²) in [5, 5.41) is 13.7. The number of anilines is 2. The van der Waals surface area contributed by atoms with Crippen LogP contribution in [-0.4, -0.2) is 45.1 Å². The molecule has 3 atom stereocenters. The number of nitrogens with one attached hydrogen (secondary N) is 4. The van der Waals surface area contributed by atoms with Crippen LogP contribution in [-0.2, 0) is 24.9 Å². The zero-order valence-corrected chi connectivity index (χ0v) is 42.2. The molecular formula is C55H47F9N5O5PS. The van der Waals surface area contributed by atoms with Crippen molar-refractivity contribution in [2.75, 3.05) is 38.5 Å². The second-order valence-corrected chi connectivity index (χ2v) is 20.8. The zero-order chi connectivity index (χ0) is 54.4. The number of carbonyl (C=O) groups excluding carboxylic acids is 1. The average molecular weight is 1090 g/mol. The third kappa shape index (κ3) is 12.5. The van der Waals surface area contributed by atoms with Gasteiger partial charge in [-0.05, 0) is 138 Å². The van der Waals surface area contributed by atoms with Gasteiger partial charge < -0.3 is 40.2 Å². The minimum atomic E-state index is -5.24. The molecule has 0 heterocycles. The molecule has 0 spiro atoms. The Morgan fingerprint density at radius 2 is 1.12 bits per heavy atom. The van der Waals surface area contributed by atoms with Crippen LogP contribution in [0, 0.1) is 0 Å². The van der Waals surface area contributed by atoms with E-state index in [0.717, 1.165) is 38.7 Å². The van der Waals surface area contributed by atoms with Crippen LogP contribution in [0.25, 0.3) is 0 Å². The molecule has 8 rings (SSSR count). The second-order valence-electron chi connectivity index (χ2n) is 17.3. The minimum Gasteiger partial charge on any atom is -0.497 e. The lowest BCUT2D eigenvalue weighted by atomic mass is 10.1. The number of ether oxygens (including phenoxy) is 4. The van der Waals surface area contributed by atoms with Crippen LogP contribution in [0.5, 0.6) is 23.0 Å². The van der Waals surface area contributed by atoms with Gasteiger partial charge in [-0.15, -0.1) is 0 Å². The third-order valence-corrected chi connectivity index (χ3v) is 16.4. The molecule has 0 aliphatic heterocycles. The number of methoxy groups -OCH3 is 3. The molecule has 0 radical (unpaired) electrons. The molecule has 1 aliphatic carbocycles. The van der Waals surface area contributed by atoms with Crippen LogP contribution in [0.4, 0.5) is 55.7 Å². The van der Waals surface area contributed by atoms with E-state index in [0.29, 0.717) is 29.4 Å². The fourth-order valence-electron chi connectivity index (χ4n) is 8.77. The highest BCUT2D eigenvalue weighted by Gasteiger charge is 2.39. The number of fused-ring (bicyclic) bond motifs is 1. The fourth-order valence-corrected chi connectivity index (χ4v) is 12.6. The Morgan fingerprint density at radius 1 is 0.618 bits per heavy atom. The van der Waals surface area contributed by atoms with E-state index in [2.05, 4.69) is 16.0 Å². The van der Waals surface area contributed by atoms with Gasteiger partial charge in [0.2, 0.25) is 0 Å². The SMILES string of the molecule is COc1ccc(P(=NC[C@H](NC(=S)N[C@@H]2c3ccccc3C[C@H]2Oc2ccc(C(F)(F)F)cc2NC(=O)Nc2cc(C(F)(F)F)cc(C(F)(F)F)c2)c2ccccc2)(c2ccc(OC)cc2)c2ccc(OC)cc2)cc1. The highest BCUT2D eigenvalue weighted by Crippen LogP contribution is 2.48. The quantitative estimate of drug-likeness (QED) is 0.0456. The summed E-state index contributed by atoms with van der Waals surface area (Å²) in [6, 6.07) is 39.8. The molecule has 2 amide bonds. The van der Waals surface area contributed by atoms with Crippen molar-refractivity contribution in [3.63, 3.8) is 0 Å². The molecule has 21 heteroatoms. The molecule has 7 aromatic rings. The largest absolute Gasteiger partial charge is 0.497 e.